The van der Waals surface area contributed by atoms with Gasteiger partial charge in [-0.25, -0.2) is 9.38 Å². The van der Waals surface area contributed by atoms with E-state index in [9.17, 15) is 4.39 Å². The first kappa shape index (κ1) is 16.8. The number of rotatable bonds is 6. The molecule has 0 fully saturated rings. The second-order valence-electron chi connectivity index (χ2n) is 5.03. The molecule has 2 N–H and O–H groups in total. The van der Waals surface area contributed by atoms with Crippen molar-refractivity contribution in [2.75, 3.05) is 13.7 Å². The topological polar surface area (TPSA) is 45.7 Å². The van der Waals surface area contributed by atoms with Crippen LogP contribution < -0.4 is 15.4 Å². The number of nitrogens with one attached hydrogen (secondary N) is 2. The summed E-state index contributed by atoms with van der Waals surface area (Å²) in [5.41, 5.74) is 1.97. The van der Waals surface area contributed by atoms with Crippen molar-refractivity contribution in [1.29, 1.82) is 0 Å². The van der Waals surface area contributed by atoms with E-state index in [1.807, 2.05) is 37.3 Å². The monoisotopic (exact) mass is 315 g/mol. The number of hydrogen-bond acceptors (Lipinski definition) is 2. The zero-order chi connectivity index (χ0) is 16.5. The molecule has 0 saturated heterocycles. The molecule has 2 rings (SSSR count). The highest BCUT2D eigenvalue weighted by Crippen LogP contribution is 2.11. The van der Waals surface area contributed by atoms with Crippen molar-refractivity contribution < 1.29 is 9.13 Å². The summed E-state index contributed by atoms with van der Waals surface area (Å²) < 4.78 is 18.3. The number of benzene rings is 2. The summed E-state index contributed by atoms with van der Waals surface area (Å²) >= 11 is 0. The predicted octanol–water partition coefficient (Wildman–Crippen LogP) is 3.09. The van der Waals surface area contributed by atoms with Crippen LogP contribution in [0.4, 0.5) is 4.39 Å². The quantitative estimate of drug-likeness (QED) is 0.636. The van der Waals surface area contributed by atoms with Crippen LogP contribution in [0.3, 0.4) is 0 Å². The smallest absolute Gasteiger partial charge is 0.191 e. The minimum Gasteiger partial charge on any atom is -0.497 e. The van der Waals surface area contributed by atoms with E-state index in [0.29, 0.717) is 19.0 Å². The predicted molar refractivity (Wildman–Crippen MR) is 91.0 cm³/mol. The van der Waals surface area contributed by atoms with Crippen molar-refractivity contribution in [3.8, 4) is 5.75 Å². The molecule has 0 amide bonds. The van der Waals surface area contributed by atoms with Crippen LogP contribution in [0.5, 0.6) is 5.75 Å². The van der Waals surface area contributed by atoms with Gasteiger partial charge in [-0.05, 0) is 42.3 Å². The molecule has 0 aliphatic heterocycles. The number of guanidine groups is 1. The highest BCUT2D eigenvalue weighted by atomic mass is 19.1. The van der Waals surface area contributed by atoms with Crippen molar-refractivity contribution in [3.05, 3.63) is 65.5 Å². The lowest BCUT2D eigenvalue weighted by Crippen LogP contribution is -2.36. The third-order valence-electron chi connectivity index (χ3n) is 3.27. The van der Waals surface area contributed by atoms with Gasteiger partial charge in [-0.3, -0.25) is 0 Å². The van der Waals surface area contributed by atoms with Crippen molar-refractivity contribution >= 4 is 5.96 Å². The zero-order valence-electron chi connectivity index (χ0n) is 13.5. The average Bonchev–Trinajstić information content (AvgIpc) is 2.58. The van der Waals surface area contributed by atoms with Crippen LogP contribution >= 0.6 is 0 Å². The molecule has 23 heavy (non-hydrogen) atoms. The maximum Gasteiger partial charge on any atom is 0.191 e. The van der Waals surface area contributed by atoms with Gasteiger partial charge in [0.1, 0.15) is 11.6 Å². The molecule has 5 heteroatoms. The second-order valence-corrected chi connectivity index (χ2v) is 5.03. The number of hydrogen-bond donors (Lipinski definition) is 2. The zero-order valence-corrected chi connectivity index (χ0v) is 13.5. The van der Waals surface area contributed by atoms with E-state index in [0.717, 1.165) is 23.4 Å². The van der Waals surface area contributed by atoms with Crippen LogP contribution in [0.1, 0.15) is 18.1 Å². The second kappa shape index (κ2) is 8.78. The van der Waals surface area contributed by atoms with E-state index in [-0.39, 0.29) is 5.82 Å². The molecule has 0 unspecified atom stereocenters. The Kier molecular flexibility index (Phi) is 6.41. The third kappa shape index (κ3) is 5.62. The van der Waals surface area contributed by atoms with Crippen LogP contribution in [0.15, 0.2) is 53.5 Å². The lowest BCUT2D eigenvalue weighted by Gasteiger charge is -2.11. The van der Waals surface area contributed by atoms with Crippen LogP contribution in [0, 0.1) is 5.82 Å². The molecule has 0 heterocycles. The molecule has 0 atom stereocenters. The Morgan fingerprint density at radius 2 is 1.87 bits per heavy atom. The fraction of sp³-hybridized carbons (Fsp3) is 0.278. The van der Waals surface area contributed by atoms with Crippen molar-refractivity contribution in [2.45, 2.75) is 20.0 Å². The Morgan fingerprint density at radius 3 is 2.52 bits per heavy atom. The van der Waals surface area contributed by atoms with Crippen molar-refractivity contribution in [1.82, 2.24) is 10.6 Å². The first-order chi connectivity index (χ1) is 11.2. The summed E-state index contributed by atoms with van der Waals surface area (Å²) in [6, 6.07) is 14.3. The highest BCUT2D eigenvalue weighted by Gasteiger charge is 2.00. The minimum absolute atomic E-state index is 0.242. The summed E-state index contributed by atoms with van der Waals surface area (Å²) in [5, 5.41) is 6.44. The van der Waals surface area contributed by atoms with Crippen LogP contribution in [-0.4, -0.2) is 19.6 Å². The molecule has 2 aromatic carbocycles. The summed E-state index contributed by atoms with van der Waals surface area (Å²) in [7, 11) is 1.65. The van der Waals surface area contributed by atoms with E-state index in [4.69, 9.17) is 4.74 Å². The van der Waals surface area contributed by atoms with Gasteiger partial charge in [0.15, 0.2) is 5.96 Å². The van der Waals surface area contributed by atoms with Gasteiger partial charge >= 0.3 is 0 Å². The summed E-state index contributed by atoms with van der Waals surface area (Å²) in [6.45, 7) is 3.85. The molecule has 2 aromatic rings. The van der Waals surface area contributed by atoms with E-state index in [1.165, 1.54) is 12.1 Å². The molecule has 0 aliphatic rings. The van der Waals surface area contributed by atoms with Gasteiger partial charge in [0.05, 0.1) is 13.7 Å². The fourth-order valence-corrected chi connectivity index (χ4v) is 2.08. The van der Waals surface area contributed by atoms with Crippen LogP contribution in [0.25, 0.3) is 0 Å². The van der Waals surface area contributed by atoms with Crippen molar-refractivity contribution in [3.63, 3.8) is 0 Å². The standard InChI is InChI=1S/C18H22FN3O/c1-3-20-18(22-13-15-5-4-6-16(19)11-15)21-12-14-7-9-17(23-2)10-8-14/h4-11H,3,12-13H2,1-2H3,(H2,20,21,22). The molecule has 0 bridgehead atoms. The molecular weight excluding hydrogens is 293 g/mol. The Bertz CT molecular complexity index is 641. The highest BCUT2D eigenvalue weighted by molar-refractivity contribution is 5.79. The Hall–Kier alpha value is -2.56. The van der Waals surface area contributed by atoms with Gasteiger partial charge in [-0.15, -0.1) is 0 Å². The van der Waals surface area contributed by atoms with Crippen LogP contribution in [0.2, 0.25) is 0 Å². The van der Waals surface area contributed by atoms with E-state index in [2.05, 4.69) is 15.6 Å². The third-order valence-corrected chi connectivity index (χ3v) is 3.27. The van der Waals surface area contributed by atoms with Gasteiger partial charge in [0.25, 0.3) is 0 Å². The summed E-state index contributed by atoms with van der Waals surface area (Å²) in [4.78, 5) is 4.48. The van der Waals surface area contributed by atoms with Gasteiger partial charge in [0.2, 0.25) is 0 Å². The largest absolute Gasteiger partial charge is 0.497 e. The Morgan fingerprint density at radius 1 is 1.09 bits per heavy atom. The van der Waals surface area contributed by atoms with Crippen LogP contribution in [-0.2, 0) is 13.1 Å². The summed E-state index contributed by atoms with van der Waals surface area (Å²) in [6.07, 6.45) is 0. The first-order valence-electron chi connectivity index (χ1n) is 7.61. The number of aliphatic imine (C=N–C) groups is 1. The van der Waals surface area contributed by atoms with Crippen molar-refractivity contribution in [2.24, 2.45) is 4.99 Å². The lowest BCUT2D eigenvalue weighted by molar-refractivity contribution is 0.414. The van der Waals surface area contributed by atoms with E-state index in [1.54, 1.807) is 13.2 Å². The average molecular weight is 315 g/mol. The Labute approximate surface area is 136 Å². The normalized spacial score (nSPS) is 11.2. The number of methoxy groups -OCH3 is 1. The Balaban J connectivity index is 1.95. The van der Waals surface area contributed by atoms with Gasteiger partial charge in [-0.1, -0.05) is 24.3 Å². The van der Waals surface area contributed by atoms with Gasteiger partial charge in [-0.2, -0.15) is 0 Å². The van der Waals surface area contributed by atoms with Gasteiger partial charge in [0, 0.05) is 13.1 Å². The summed E-state index contributed by atoms with van der Waals surface area (Å²) in [5.74, 6) is 1.29. The molecule has 4 nitrogen and oxygen atoms in total. The van der Waals surface area contributed by atoms with E-state index < -0.39 is 0 Å². The molecule has 0 radical (unpaired) electrons. The maximum atomic E-state index is 13.2. The maximum absolute atomic E-state index is 13.2. The molecule has 0 aliphatic carbocycles. The lowest BCUT2D eigenvalue weighted by atomic mass is 10.2. The SMILES string of the molecule is CCNC(=NCc1cccc(F)c1)NCc1ccc(OC)cc1. The van der Waals surface area contributed by atoms with E-state index >= 15 is 0 Å². The number of ether oxygens (including phenoxy) is 1. The van der Waals surface area contributed by atoms with Gasteiger partial charge < -0.3 is 15.4 Å². The number of halogens is 1. The molecular formula is C18H22FN3O. The molecule has 0 spiro atoms. The molecule has 122 valence electrons. The molecule has 0 aromatic heterocycles. The minimum atomic E-state index is -0.242. The fourth-order valence-electron chi connectivity index (χ4n) is 2.08. The molecule has 0 saturated carbocycles. The first-order valence-corrected chi connectivity index (χ1v) is 7.61. The number of nitrogens with zero attached hydrogens (tertiary/aromatic N) is 1.